The maximum absolute atomic E-state index is 12.4. The molecule has 3 aromatic carbocycles. The van der Waals surface area contributed by atoms with E-state index < -0.39 is 17.8 Å². The number of hydrogen-bond donors (Lipinski definition) is 1. The summed E-state index contributed by atoms with van der Waals surface area (Å²) in [7, 11) is 0. The van der Waals surface area contributed by atoms with Crippen molar-refractivity contribution in [1.82, 2.24) is 30.6 Å². The molecule has 0 spiro atoms. The van der Waals surface area contributed by atoms with Crippen molar-refractivity contribution >= 4 is 180 Å². The van der Waals surface area contributed by atoms with Crippen molar-refractivity contribution < 1.29 is 23.9 Å². The van der Waals surface area contributed by atoms with Gasteiger partial charge in [0, 0.05) is 51.2 Å². The molecule has 12 rings (SSSR count). The number of nitrogens with two attached hydrogens (primary N) is 1. The molecule has 3 aliphatic rings. The number of halogens is 5. The Bertz CT molecular complexity index is 3630. The third-order valence-electron chi connectivity index (χ3n) is 13.3. The van der Waals surface area contributed by atoms with Gasteiger partial charge >= 0.3 is 11.9 Å². The molecule has 422 valence electrons. The Morgan fingerprint density at radius 3 is 1.23 bits per heavy atom. The number of primary amides is 1. The Morgan fingerprint density at radius 2 is 0.877 bits per heavy atom. The predicted octanol–water partition coefficient (Wildman–Crippen LogP) is 16.9. The number of nitrogens with zero attached hydrogens (tertiary/aromatic N) is 6. The van der Waals surface area contributed by atoms with Crippen molar-refractivity contribution in [1.29, 1.82) is 0 Å². The Morgan fingerprint density at radius 1 is 0.519 bits per heavy atom. The third kappa shape index (κ3) is 15.8. The summed E-state index contributed by atoms with van der Waals surface area (Å²) in [6.07, 6.45) is 5.64. The molecule has 0 bridgehead atoms. The monoisotopic (exact) mass is 1340 g/mol. The Hall–Kier alpha value is -4.12. The molecule has 81 heavy (non-hydrogen) atoms. The lowest BCUT2D eigenvalue weighted by atomic mass is 10.0. The first-order valence-electron chi connectivity index (χ1n) is 26.0. The smallest absolute Gasteiger partial charge is 0.360 e. The zero-order valence-corrected chi connectivity index (χ0v) is 53.4. The van der Waals surface area contributed by atoms with Crippen LogP contribution in [0.3, 0.4) is 0 Å². The fourth-order valence-corrected chi connectivity index (χ4v) is 17.8. The topological polar surface area (TPSA) is 173 Å². The maximum atomic E-state index is 12.4. The standard InChI is InChI=1S/C20H19ClN2O2S2.C18H16ClN3OS2.C15H10Cl2N2O2S.C5H9BrS/c1-2-25-20(24)18-19-15(16(22-23-18)9-12-7-8-26-11-12)10-17(27-19)13-3-5-14(21)6-4-13;19-12-3-1-11(2-4-12)15-8-13-14(7-10-5-6-24-9-10)21-22-16(18(20)23)17(13)25-15;1-2-21-15(20)12-13-10(14(17)19-18-12)7-11(22-13)8-3-5-9(16)6-4-8;6-3-5-1-2-7-4-5/h3-6,10,12H,2,7-9,11H2,1H3;1-4,8,10H,5-7,9H2,(H2,20,23);3-7H,2H2,1H3;5H,1-4H2. The van der Waals surface area contributed by atoms with Gasteiger partial charge in [-0.15, -0.1) is 54.4 Å². The van der Waals surface area contributed by atoms with Gasteiger partial charge in [-0.2, -0.15) is 45.5 Å². The van der Waals surface area contributed by atoms with Crippen molar-refractivity contribution in [3.8, 4) is 31.3 Å². The van der Waals surface area contributed by atoms with Crippen LogP contribution in [-0.4, -0.2) is 101 Å². The molecular formula is C58H54BrCl4N7O5S6. The van der Waals surface area contributed by atoms with Gasteiger partial charge in [0.15, 0.2) is 22.2 Å². The van der Waals surface area contributed by atoms with E-state index in [1.807, 2.05) is 102 Å². The molecule has 3 atom stereocenters. The molecule has 23 heteroatoms. The van der Waals surface area contributed by atoms with Crippen LogP contribution in [0.4, 0.5) is 0 Å². The number of ether oxygens (including phenoxy) is 2. The third-order valence-corrected chi connectivity index (χ3v) is 22.5. The van der Waals surface area contributed by atoms with Crippen molar-refractivity contribution in [2.45, 2.75) is 46.0 Å². The highest BCUT2D eigenvalue weighted by molar-refractivity contribution is 9.09. The molecule has 2 N–H and O–H groups in total. The van der Waals surface area contributed by atoms with Crippen molar-refractivity contribution in [2.75, 3.05) is 53.1 Å². The summed E-state index contributed by atoms with van der Waals surface area (Å²) in [6.45, 7) is 4.13. The molecule has 3 saturated heterocycles. The molecule has 3 unspecified atom stereocenters. The quantitative estimate of drug-likeness (QED) is 0.0853. The second kappa shape index (κ2) is 29.6. The largest absolute Gasteiger partial charge is 0.461 e. The van der Waals surface area contributed by atoms with Crippen LogP contribution in [0.5, 0.6) is 0 Å². The van der Waals surface area contributed by atoms with E-state index in [0.29, 0.717) is 49.3 Å². The zero-order valence-electron chi connectivity index (χ0n) is 43.9. The van der Waals surface area contributed by atoms with Gasteiger partial charge in [0.25, 0.3) is 5.91 Å². The van der Waals surface area contributed by atoms with Crippen LogP contribution in [0.1, 0.15) is 76.0 Å². The fourth-order valence-electron chi connectivity index (χ4n) is 9.03. The highest BCUT2D eigenvalue weighted by Gasteiger charge is 2.26. The van der Waals surface area contributed by atoms with Crippen LogP contribution in [0.15, 0.2) is 91.0 Å². The second-order valence-corrected chi connectivity index (χ2v) is 27.9. The minimum Gasteiger partial charge on any atom is -0.461 e. The van der Waals surface area contributed by atoms with Gasteiger partial charge in [0.05, 0.1) is 38.7 Å². The molecule has 3 fully saturated rings. The molecule has 6 aromatic heterocycles. The van der Waals surface area contributed by atoms with Gasteiger partial charge in [-0.1, -0.05) is 98.7 Å². The van der Waals surface area contributed by atoms with Crippen LogP contribution >= 0.6 is 132 Å². The summed E-state index contributed by atoms with van der Waals surface area (Å²) in [5, 5.41) is 31.1. The molecule has 9 heterocycles. The number of carbonyl (C=O) groups excluding carboxylic acids is 3. The average molecular weight is 1340 g/mol. The summed E-state index contributed by atoms with van der Waals surface area (Å²) in [5.41, 5.74) is 11.3. The molecule has 9 aromatic rings. The highest BCUT2D eigenvalue weighted by atomic mass is 79.9. The molecule has 12 nitrogen and oxygen atoms in total. The zero-order chi connectivity index (χ0) is 57.0. The van der Waals surface area contributed by atoms with Gasteiger partial charge in [-0.3, -0.25) is 4.79 Å². The van der Waals surface area contributed by atoms with Crippen molar-refractivity contribution in [2.24, 2.45) is 23.5 Å². The Balaban J connectivity index is 0.000000139. The second-order valence-electron chi connectivity index (χ2n) is 19.0. The molecule has 1 amide bonds. The van der Waals surface area contributed by atoms with Crippen LogP contribution in [0.2, 0.25) is 20.2 Å². The summed E-state index contributed by atoms with van der Waals surface area (Å²) in [5.74, 6) is 8.29. The number of hydrogen-bond acceptors (Lipinski definition) is 17. The summed E-state index contributed by atoms with van der Waals surface area (Å²) in [6, 6.07) is 29.0. The van der Waals surface area contributed by atoms with Crippen molar-refractivity contribution in [3.63, 3.8) is 0 Å². The van der Waals surface area contributed by atoms with E-state index in [0.717, 1.165) is 93.1 Å². The first kappa shape index (κ1) is 61.4. The van der Waals surface area contributed by atoms with Gasteiger partial charge in [0.1, 0.15) is 0 Å². The fraction of sp³-hybridized carbons (Fsp3) is 0.328. The normalized spacial score (nSPS) is 16.6. The van der Waals surface area contributed by atoms with Gasteiger partial charge in [-0.05, 0) is 170 Å². The molecular weight excluding hydrogens is 1290 g/mol. The summed E-state index contributed by atoms with van der Waals surface area (Å²) >= 11 is 38.0. The Kier molecular flexibility index (Phi) is 22.5. The van der Waals surface area contributed by atoms with E-state index in [9.17, 15) is 14.4 Å². The summed E-state index contributed by atoms with van der Waals surface area (Å²) in [4.78, 5) is 39.2. The molecule has 3 aliphatic heterocycles. The van der Waals surface area contributed by atoms with Gasteiger partial charge in [0.2, 0.25) is 0 Å². The minimum atomic E-state index is -0.537. The van der Waals surface area contributed by atoms with Crippen molar-refractivity contribution in [3.05, 3.63) is 140 Å². The molecule has 0 aliphatic carbocycles. The van der Waals surface area contributed by atoms with E-state index in [2.05, 4.69) is 70.4 Å². The molecule has 0 radical (unpaired) electrons. The maximum Gasteiger partial charge on any atom is 0.360 e. The number of esters is 2. The van der Waals surface area contributed by atoms with Gasteiger partial charge < -0.3 is 15.2 Å². The summed E-state index contributed by atoms with van der Waals surface area (Å²) < 4.78 is 12.5. The van der Waals surface area contributed by atoms with E-state index in [4.69, 9.17) is 61.6 Å². The van der Waals surface area contributed by atoms with E-state index in [1.165, 1.54) is 70.3 Å². The lowest BCUT2D eigenvalue weighted by Gasteiger charge is -2.09. The van der Waals surface area contributed by atoms with E-state index in [1.54, 1.807) is 25.2 Å². The number of thioether (sulfide) groups is 3. The van der Waals surface area contributed by atoms with E-state index in [-0.39, 0.29) is 23.1 Å². The van der Waals surface area contributed by atoms with Crippen LogP contribution < -0.4 is 5.73 Å². The number of benzene rings is 3. The lowest BCUT2D eigenvalue weighted by molar-refractivity contribution is 0.0511. The number of carbonyl (C=O) groups is 3. The van der Waals surface area contributed by atoms with Crippen LogP contribution in [-0.2, 0) is 22.3 Å². The Labute approximate surface area is 522 Å². The highest BCUT2D eigenvalue weighted by Crippen LogP contribution is 2.41. The number of rotatable bonds is 13. The van der Waals surface area contributed by atoms with Crippen LogP contribution in [0, 0.1) is 17.8 Å². The number of alkyl halides is 1. The SMILES string of the molecule is BrCC1CCSC1.CCOC(=O)c1nnc(CC2CCSC2)c2cc(-c3ccc(Cl)cc3)sc12.CCOC(=O)c1nnc(Cl)c2cc(-c3ccc(Cl)cc3)sc12.NC(=O)c1nnc(CC2CCSC2)c2cc(-c3ccc(Cl)cc3)sc12. The minimum absolute atomic E-state index is 0.187. The number of thiophene rings is 3. The first-order chi connectivity index (χ1) is 39.3. The number of aromatic nitrogens is 6. The molecule has 0 saturated carbocycles. The first-order valence-corrected chi connectivity index (χ1v) is 34.6. The lowest BCUT2D eigenvalue weighted by Crippen LogP contribution is -2.15. The van der Waals surface area contributed by atoms with Crippen LogP contribution in [0.25, 0.3) is 61.6 Å². The van der Waals surface area contributed by atoms with E-state index >= 15 is 0 Å². The number of fused-ring (bicyclic) bond motifs is 3. The number of amides is 1. The average Bonchev–Trinajstić information content (AvgIpc) is 4.48. The predicted molar refractivity (Wildman–Crippen MR) is 347 cm³/mol. The van der Waals surface area contributed by atoms with Gasteiger partial charge in [-0.25, -0.2) is 9.59 Å².